The van der Waals surface area contributed by atoms with E-state index in [1.807, 2.05) is 78.9 Å². The fraction of sp³-hybridized carbons (Fsp3) is 0.176. The van der Waals surface area contributed by atoms with Crippen molar-refractivity contribution in [3.63, 3.8) is 0 Å². The number of anilines is 1. The number of rotatable bonds is 9. The lowest BCUT2D eigenvalue weighted by Crippen LogP contribution is -2.47. The molecule has 0 fully saturated rings. The van der Waals surface area contributed by atoms with Gasteiger partial charge in [-0.2, -0.15) is 0 Å². The molecule has 212 valence electrons. The monoisotopic (exact) mass is 579 g/mol. The summed E-state index contributed by atoms with van der Waals surface area (Å²) in [5.41, 5.74) is 3.15. The second-order valence-electron chi connectivity index (χ2n) is 10.3. The number of carbonyl (C=O) groups excluding carboxylic acids is 2. The molecule has 1 unspecified atom stereocenters. The molecule has 8 heteroatoms. The molecule has 1 heterocycles. The van der Waals surface area contributed by atoms with E-state index in [2.05, 4.69) is 5.32 Å². The van der Waals surface area contributed by atoms with Crippen molar-refractivity contribution >= 4 is 40.3 Å². The van der Waals surface area contributed by atoms with Gasteiger partial charge in [0.1, 0.15) is 17.1 Å². The van der Waals surface area contributed by atoms with Crippen molar-refractivity contribution in [3.05, 3.63) is 131 Å². The van der Waals surface area contributed by atoms with Crippen LogP contribution in [-0.4, -0.2) is 41.6 Å². The number of benzodiazepines with no additional fused rings is 1. The number of amides is 2. The quantitative estimate of drug-likeness (QED) is 0.241. The van der Waals surface area contributed by atoms with Crippen LogP contribution in [0.15, 0.2) is 108 Å². The average Bonchev–Trinajstić information content (AvgIpc) is 3.10. The molecule has 0 radical (unpaired) electrons. The van der Waals surface area contributed by atoms with Crippen molar-refractivity contribution < 1.29 is 18.7 Å². The number of para-hydroxylation sites is 1. The van der Waals surface area contributed by atoms with E-state index < -0.39 is 11.4 Å². The summed E-state index contributed by atoms with van der Waals surface area (Å²) in [6.07, 6.45) is 0.133. The predicted molar refractivity (Wildman–Crippen MR) is 167 cm³/mol. The Morgan fingerprint density at radius 2 is 1.62 bits per heavy atom. The van der Waals surface area contributed by atoms with Crippen LogP contribution in [0, 0.1) is 5.82 Å². The van der Waals surface area contributed by atoms with Crippen LogP contribution in [0.3, 0.4) is 0 Å². The first-order chi connectivity index (χ1) is 20.3. The molecular formula is C34H30FN3O3S. The number of fused-ring (bicyclic) bond motifs is 1. The normalized spacial score (nSPS) is 16.2. The molecule has 1 aliphatic rings. The SMILES string of the molecule is COc1ccc(CN2C(=O)C(C)(CC(=S)CNC(=O)c3ccc(F)cc3)N=C(c3ccccc3)c3ccccc32)cc1. The average molecular weight is 580 g/mol. The largest absolute Gasteiger partial charge is 0.497 e. The Bertz CT molecular complexity index is 1640. The molecule has 42 heavy (non-hydrogen) atoms. The van der Waals surface area contributed by atoms with E-state index in [4.69, 9.17) is 21.9 Å². The van der Waals surface area contributed by atoms with Crippen LogP contribution in [0.25, 0.3) is 0 Å². The number of nitrogens with zero attached hydrogens (tertiary/aromatic N) is 2. The van der Waals surface area contributed by atoms with E-state index in [9.17, 15) is 14.0 Å². The van der Waals surface area contributed by atoms with Crippen LogP contribution in [0.2, 0.25) is 0 Å². The Morgan fingerprint density at radius 1 is 0.952 bits per heavy atom. The van der Waals surface area contributed by atoms with Crippen molar-refractivity contribution in [3.8, 4) is 5.75 Å². The maximum Gasteiger partial charge on any atom is 0.255 e. The number of methoxy groups -OCH3 is 1. The van der Waals surface area contributed by atoms with Crippen molar-refractivity contribution in [1.29, 1.82) is 0 Å². The number of hydrogen-bond donors (Lipinski definition) is 1. The fourth-order valence-corrected chi connectivity index (χ4v) is 5.35. The third-order valence-corrected chi connectivity index (χ3v) is 7.44. The van der Waals surface area contributed by atoms with Gasteiger partial charge in [0.25, 0.3) is 11.8 Å². The highest BCUT2D eigenvalue weighted by atomic mass is 32.1. The van der Waals surface area contributed by atoms with Gasteiger partial charge in [0.05, 0.1) is 25.1 Å². The molecule has 2 amide bonds. The van der Waals surface area contributed by atoms with E-state index in [1.165, 1.54) is 24.3 Å². The van der Waals surface area contributed by atoms with Gasteiger partial charge in [-0.3, -0.25) is 14.6 Å². The number of aliphatic imine (C=N–C) groups is 1. The molecule has 0 saturated heterocycles. The first-order valence-corrected chi connectivity index (χ1v) is 13.9. The molecule has 0 spiro atoms. The molecule has 0 aromatic heterocycles. The molecule has 1 atom stereocenters. The third-order valence-electron chi connectivity index (χ3n) is 7.16. The van der Waals surface area contributed by atoms with Gasteiger partial charge >= 0.3 is 0 Å². The number of ether oxygens (including phenoxy) is 1. The lowest BCUT2D eigenvalue weighted by molar-refractivity contribution is -0.122. The van der Waals surface area contributed by atoms with Gasteiger partial charge in [0, 0.05) is 34.5 Å². The third kappa shape index (κ3) is 6.29. The van der Waals surface area contributed by atoms with E-state index in [1.54, 1.807) is 18.9 Å². The zero-order valence-corrected chi connectivity index (χ0v) is 24.2. The minimum atomic E-state index is -1.26. The lowest BCUT2D eigenvalue weighted by atomic mass is 9.93. The van der Waals surface area contributed by atoms with Gasteiger partial charge in [-0.25, -0.2) is 4.39 Å². The van der Waals surface area contributed by atoms with Gasteiger partial charge in [-0.05, 0) is 55.0 Å². The topological polar surface area (TPSA) is 71.0 Å². The minimum Gasteiger partial charge on any atom is -0.497 e. The number of benzene rings is 4. The van der Waals surface area contributed by atoms with Crippen LogP contribution in [0.1, 0.15) is 40.4 Å². The Labute approximate surface area is 249 Å². The number of hydrogen-bond acceptors (Lipinski definition) is 5. The van der Waals surface area contributed by atoms with E-state index in [-0.39, 0.29) is 24.8 Å². The number of thiocarbonyl (C=S) groups is 1. The predicted octanol–water partition coefficient (Wildman–Crippen LogP) is 6.17. The number of halogens is 1. The fourth-order valence-electron chi connectivity index (χ4n) is 4.99. The maximum absolute atomic E-state index is 14.5. The summed E-state index contributed by atoms with van der Waals surface area (Å²) in [4.78, 5) is 34.5. The van der Waals surface area contributed by atoms with Crippen molar-refractivity contribution in [2.24, 2.45) is 4.99 Å². The van der Waals surface area contributed by atoms with E-state index >= 15 is 0 Å². The second kappa shape index (κ2) is 12.4. The van der Waals surface area contributed by atoms with Gasteiger partial charge in [-0.1, -0.05) is 72.9 Å². The molecule has 1 N–H and O–H groups in total. The summed E-state index contributed by atoms with van der Waals surface area (Å²) in [6, 6.07) is 30.4. The first-order valence-electron chi connectivity index (χ1n) is 13.5. The summed E-state index contributed by atoms with van der Waals surface area (Å²) in [6.45, 7) is 2.18. The number of nitrogens with one attached hydrogen (secondary N) is 1. The lowest BCUT2D eigenvalue weighted by Gasteiger charge is -2.31. The summed E-state index contributed by atoms with van der Waals surface area (Å²) < 4.78 is 18.6. The zero-order chi connectivity index (χ0) is 29.7. The molecule has 0 saturated carbocycles. The summed E-state index contributed by atoms with van der Waals surface area (Å²) in [7, 11) is 1.61. The molecule has 4 aromatic carbocycles. The van der Waals surface area contributed by atoms with Crippen LogP contribution in [0.5, 0.6) is 5.75 Å². The van der Waals surface area contributed by atoms with Crippen LogP contribution in [0.4, 0.5) is 10.1 Å². The molecular weight excluding hydrogens is 549 g/mol. The van der Waals surface area contributed by atoms with Crippen LogP contribution < -0.4 is 15.0 Å². The smallest absolute Gasteiger partial charge is 0.255 e. The molecule has 0 aliphatic carbocycles. The Balaban J connectivity index is 1.49. The van der Waals surface area contributed by atoms with Crippen molar-refractivity contribution in [2.75, 3.05) is 18.6 Å². The molecule has 1 aliphatic heterocycles. The highest BCUT2D eigenvalue weighted by molar-refractivity contribution is 7.80. The molecule has 4 aromatic rings. The molecule has 0 bridgehead atoms. The second-order valence-corrected chi connectivity index (χ2v) is 10.8. The van der Waals surface area contributed by atoms with Crippen molar-refractivity contribution in [2.45, 2.75) is 25.4 Å². The van der Waals surface area contributed by atoms with Gasteiger partial charge in [-0.15, -0.1) is 0 Å². The molecule has 6 nitrogen and oxygen atoms in total. The van der Waals surface area contributed by atoms with Crippen molar-refractivity contribution in [1.82, 2.24) is 5.32 Å². The minimum absolute atomic E-state index is 0.0655. The number of carbonyl (C=O) groups is 2. The Hall–Kier alpha value is -4.69. The van der Waals surface area contributed by atoms with Gasteiger partial charge < -0.3 is 15.0 Å². The Kier molecular flexibility index (Phi) is 8.54. The summed E-state index contributed by atoms with van der Waals surface area (Å²) >= 11 is 5.70. The summed E-state index contributed by atoms with van der Waals surface area (Å²) in [5.74, 6) is -0.274. The van der Waals surface area contributed by atoms with Gasteiger partial charge in [0.2, 0.25) is 0 Å². The summed E-state index contributed by atoms with van der Waals surface area (Å²) in [5, 5.41) is 2.79. The highest BCUT2D eigenvalue weighted by Crippen LogP contribution is 2.35. The van der Waals surface area contributed by atoms with Crippen LogP contribution in [-0.2, 0) is 11.3 Å². The standard InChI is InChI=1S/C34H30FN3O3S/c1-34(20-28(42)21-36-32(39)25-14-16-26(35)17-15-25)33(40)38(22-23-12-18-27(41-2)19-13-23)30-11-7-6-10-29(30)31(37-34)24-8-4-3-5-9-24/h3-19H,20-22H2,1-2H3,(H,36,39). The maximum atomic E-state index is 14.5. The van der Waals surface area contributed by atoms with Gasteiger partial charge in [0.15, 0.2) is 0 Å². The van der Waals surface area contributed by atoms with Crippen LogP contribution >= 0.6 is 12.2 Å². The zero-order valence-electron chi connectivity index (χ0n) is 23.3. The highest BCUT2D eigenvalue weighted by Gasteiger charge is 2.42. The van der Waals surface area contributed by atoms with E-state index in [0.717, 1.165) is 28.1 Å². The molecule has 5 rings (SSSR count). The Morgan fingerprint density at radius 3 is 2.31 bits per heavy atom. The first kappa shape index (κ1) is 28.8. The van der Waals surface area contributed by atoms with E-state index in [0.29, 0.717) is 22.7 Å².